The molecule has 2 fully saturated rings. The standard InChI is InChI=1S/C22H34N2O3/c1-2-27-21-15-17(9-10-20(21)25)16-24-13-11-18(12-14-24)22(26)23-19-7-5-3-4-6-8-19/h9-10,15,18-19,25H,2-8,11-14,16H2,1H3,(H,23,26)/p+1. The SMILES string of the molecule is CCOc1cc(C[NH+]2CCC(C(=O)NC3CCCCCC3)CC2)ccc1O. The Labute approximate surface area is 163 Å². The number of amides is 1. The molecule has 0 spiro atoms. The van der Waals surface area contributed by atoms with E-state index in [1.807, 2.05) is 19.1 Å². The van der Waals surface area contributed by atoms with Gasteiger partial charge in [-0.05, 0) is 38.0 Å². The van der Waals surface area contributed by atoms with E-state index >= 15 is 0 Å². The number of rotatable bonds is 6. The summed E-state index contributed by atoms with van der Waals surface area (Å²) < 4.78 is 5.48. The number of nitrogens with one attached hydrogen (secondary N) is 2. The number of likely N-dealkylation sites (tertiary alicyclic amines) is 1. The number of aromatic hydroxyl groups is 1. The van der Waals surface area contributed by atoms with Crippen molar-refractivity contribution in [3.63, 3.8) is 0 Å². The van der Waals surface area contributed by atoms with Crippen molar-refractivity contribution in [1.29, 1.82) is 0 Å². The molecule has 150 valence electrons. The number of benzene rings is 1. The zero-order valence-electron chi connectivity index (χ0n) is 16.6. The summed E-state index contributed by atoms with van der Waals surface area (Å²) in [7, 11) is 0. The second-order valence-electron chi connectivity index (χ2n) is 8.13. The van der Waals surface area contributed by atoms with E-state index in [-0.39, 0.29) is 17.6 Å². The summed E-state index contributed by atoms with van der Waals surface area (Å²) >= 11 is 0. The normalized spacial score (nSPS) is 24.2. The second kappa shape index (κ2) is 9.98. The van der Waals surface area contributed by atoms with Gasteiger partial charge in [-0.25, -0.2) is 0 Å². The molecule has 2 aliphatic rings. The van der Waals surface area contributed by atoms with Crippen molar-refractivity contribution in [2.24, 2.45) is 5.92 Å². The third-order valence-electron chi connectivity index (χ3n) is 6.04. The van der Waals surface area contributed by atoms with Crippen LogP contribution in [-0.2, 0) is 11.3 Å². The Morgan fingerprint density at radius 1 is 1.15 bits per heavy atom. The van der Waals surface area contributed by atoms with Crippen molar-refractivity contribution in [1.82, 2.24) is 5.32 Å². The van der Waals surface area contributed by atoms with Crippen molar-refractivity contribution >= 4 is 5.91 Å². The molecule has 1 heterocycles. The number of carbonyl (C=O) groups excluding carboxylic acids is 1. The van der Waals surface area contributed by atoms with E-state index < -0.39 is 0 Å². The first-order chi connectivity index (χ1) is 13.2. The molecule has 1 aliphatic carbocycles. The van der Waals surface area contributed by atoms with E-state index in [0.29, 0.717) is 18.4 Å². The molecule has 3 N–H and O–H groups in total. The molecule has 0 aromatic heterocycles. The Bertz CT molecular complexity index is 604. The topological polar surface area (TPSA) is 63.0 Å². The number of piperidine rings is 1. The van der Waals surface area contributed by atoms with Crippen LogP contribution in [-0.4, -0.2) is 36.8 Å². The minimum atomic E-state index is 0.177. The van der Waals surface area contributed by atoms with Gasteiger partial charge in [-0.2, -0.15) is 0 Å². The predicted octanol–water partition coefficient (Wildman–Crippen LogP) is 2.42. The predicted molar refractivity (Wildman–Crippen MR) is 106 cm³/mol. The van der Waals surface area contributed by atoms with Crippen LogP contribution in [0.1, 0.15) is 63.9 Å². The molecule has 27 heavy (non-hydrogen) atoms. The highest BCUT2D eigenvalue weighted by molar-refractivity contribution is 5.79. The van der Waals surface area contributed by atoms with Gasteiger partial charge in [0.1, 0.15) is 6.54 Å². The lowest BCUT2D eigenvalue weighted by molar-refractivity contribution is -0.919. The monoisotopic (exact) mass is 375 g/mol. The van der Waals surface area contributed by atoms with Crippen LogP contribution in [0.5, 0.6) is 11.5 Å². The summed E-state index contributed by atoms with van der Waals surface area (Å²) in [5.74, 6) is 1.22. The Morgan fingerprint density at radius 2 is 1.85 bits per heavy atom. The molecular weight excluding hydrogens is 340 g/mol. The van der Waals surface area contributed by atoms with Gasteiger partial charge in [-0.1, -0.05) is 25.7 Å². The molecule has 0 radical (unpaired) electrons. The van der Waals surface area contributed by atoms with Crippen molar-refractivity contribution in [3.8, 4) is 11.5 Å². The maximum atomic E-state index is 12.6. The number of hydrogen-bond acceptors (Lipinski definition) is 3. The first-order valence-electron chi connectivity index (χ1n) is 10.7. The first kappa shape index (κ1) is 20.0. The Balaban J connectivity index is 1.45. The molecular formula is C22H35N2O3+. The lowest BCUT2D eigenvalue weighted by Crippen LogP contribution is -3.11. The molecule has 1 saturated carbocycles. The fourth-order valence-electron chi connectivity index (χ4n) is 4.44. The van der Waals surface area contributed by atoms with Gasteiger partial charge in [0.05, 0.1) is 19.7 Å². The van der Waals surface area contributed by atoms with E-state index in [2.05, 4.69) is 5.32 Å². The first-order valence-corrected chi connectivity index (χ1v) is 10.7. The molecule has 3 rings (SSSR count). The van der Waals surface area contributed by atoms with Gasteiger partial charge in [-0.3, -0.25) is 4.79 Å². The number of ether oxygens (including phenoxy) is 1. The smallest absolute Gasteiger partial charge is 0.223 e. The molecule has 5 nitrogen and oxygen atoms in total. The number of hydrogen-bond donors (Lipinski definition) is 3. The number of quaternary nitrogens is 1. The Hall–Kier alpha value is -1.75. The van der Waals surface area contributed by atoms with Gasteiger partial charge < -0.3 is 20.1 Å². The number of carbonyl (C=O) groups is 1. The minimum absolute atomic E-state index is 0.177. The molecule has 1 aromatic carbocycles. The average Bonchev–Trinajstić information content (AvgIpc) is 2.94. The third-order valence-corrected chi connectivity index (χ3v) is 6.04. The van der Waals surface area contributed by atoms with Crippen molar-refractivity contribution < 1.29 is 19.5 Å². The fourth-order valence-corrected chi connectivity index (χ4v) is 4.44. The highest BCUT2D eigenvalue weighted by Crippen LogP contribution is 2.26. The summed E-state index contributed by atoms with van der Waals surface area (Å²) in [5.41, 5.74) is 1.17. The van der Waals surface area contributed by atoms with Gasteiger partial charge in [0, 0.05) is 30.4 Å². The van der Waals surface area contributed by atoms with Gasteiger partial charge in [-0.15, -0.1) is 0 Å². The van der Waals surface area contributed by atoms with Gasteiger partial charge >= 0.3 is 0 Å². The van der Waals surface area contributed by atoms with Crippen LogP contribution < -0.4 is 15.0 Å². The van der Waals surface area contributed by atoms with Gasteiger partial charge in [0.2, 0.25) is 5.91 Å². The maximum absolute atomic E-state index is 12.6. The molecule has 1 amide bonds. The zero-order chi connectivity index (χ0) is 19.1. The lowest BCUT2D eigenvalue weighted by atomic mass is 9.94. The minimum Gasteiger partial charge on any atom is -0.504 e. The van der Waals surface area contributed by atoms with Crippen LogP contribution in [0.2, 0.25) is 0 Å². The van der Waals surface area contributed by atoms with Crippen LogP contribution in [0.25, 0.3) is 0 Å². The van der Waals surface area contributed by atoms with Crippen LogP contribution >= 0.6 is 0 Å². The van der Waals surface area contributed by atoms with E-state index in [9.17, 15) is 9.90 Å². The van der Waals surface area contributed by atoms with Crippen LogP contribution in [0, 0.1) is 5.92 Å². The average molecular weight is 376 g/mol. The molecule has 1 saturated heterocycles. The third kappa shape index (κ3) is 5.86. The highest BCUT2D eigenvalue weighted by atomic mass is 16.5. The number of phenols is 1. The van der Waals surface area contributed by atoms with Crippen molar-refractivity contribution in [2.75, 3.05) is 19.7 Å². The van der Waals surface area contributed by atoms with Gasteiger partial charge in [0.15, 0.2) is 11.5 Å². The van der Waals surface area contributed by atoms with Crippen molar-refractivity contribution in [3.05, 3.63) is 23.8 Å². The summed E-state index contributed by atoms with van der Waals surface area (Å²) in [6.07, 6.45) is 9.37. The largest absolute Gasteiger partial charge is 0.504 e. The zero-order valence-corrected chi connectivity index (χ0v) is 16.6. The highest BCUT2D eigenvalue weighted by Gasteiger charge is 2.29. The molecule has 1 aromatic rings. The molecule has 0 unspecified atom stereocenters. The lowest BCUT2D eigenvalue weighted by Gasteiger charge is -2.30. The summed E-state index contributed by atoms with van der Waals surface area (Å²) in [4.78, 5) is 14.1. The van der Waals surface area contributed by atoms with Crippen molar-refractivity contribution in [2.45, 2.75) is 70.9 Å². The molecule has 5 heteroatoms. The quantitative estimate of drug-likeness (QED) is 0.669. The van der Waals surface area contributed by atoms with E-state index in [1.54, 1.807) is 6.07 Å². The van der Waals surface area contributed by atoms with Crippen LogP contribution in [0.4, 0.5) is 0 Å². The molecule has 0 atom stereocenters. The van der Waals surface area contributed by atoms with E-state index in [4.69, 9.17) is 4.74 Å². The Kier molecular flexibility index (Phi) is 7.39. The van der Waals surface area contributed by atoms with Gasteiger partial charge in [0.25, 0.3) is 0 Å². The maximum Gasteiger partial charge on any atom is 0.223 e. The van der Waals surface area contributed by atoms with Crippen LogP contribution in [0.15, 0.2) is 18.2 Å². The van der Waals surface area contributed by atoms with E-state index in [1.165, 1.54) is 36.1 Å². The summed E-state index contributed by atoms with van der Waals surface area (Å²) in [5, 5.41) is 13.2. The molecule has 0 bridgehead atoms. The fraction of sp³-hybridized carbons (Fsp3) is 0.682. The second-order valence-corrected chi connectivity index (χ2v) is 8.13. The summed E-state index contributed by atoms with van der Waals surface area (Å²) in [6.45, 7) is 5.42. The Morgan fingerprint density at radius 3 is 2.52 bits per heavy atom. The molecule has 1 aliphatic heterocycles. The summed E-state index contributed by atoms with van der Waals surface area (Å²) in [6, 6.07) is 6.03. The van der Waals surface area contributed by atoms with E-state index in [0.717, 1.165) is 45.3 Å². The number of phenolic OH excluding ortho intramolecular Hbond substituents is 1. The van der Waals surface area contributed by atoms with Crippen LogP contribution in [0.3, 0.4) is 0 Å².